The Kier molecular flexibility index (Phi) is 7.51. The van der Waals surface area contributed by atoms with Gasteiger partial charge in [0.05, 0.1) is 12.7 Å². The molecule has 0 heterocycles. The molecule has 0 amide bonds. The second kappa shape index (κ2) is 7.56. The lowest BCUT2D eigenvalue weighted by atomic mass is 10.3. The standard InChI is InChI=1S/C10H23NO/c1-5-10(4)12-9-8-11(6-2)7-3/h10H,5-9H2,1-4H3. The molecule has 0 spiro atoms. The summed E-state index contributed by atoms with van der Waals surface area (Å²) in [5.74, 6) is 0. The number of hydrogen-bond acceptors (Lipinski definition) is 2. The van der Waals surface area contributed by atoms with Crippen LogP contribution in [0.4, 0.5) is 0 Å². The zero-order valence-electron chi connectivity index (χ0n) is 8.97. The Labute approximate surface area is 76.9 Å². The van der Waals surface area contributed by atoms with Gasteiger partial charge < -0.3 is 9.64 Å². The smallest absolute Gasteiger partial charge is 0.0597 e. The van der Waals surface area contributed by atoms with Crippen LogP contribution >= 0.6 is 0 Å². The molecule has 0 aromatic rings. The Hall–Kier alpha value is -0.0800. The Bertz CT molecular complexity index is 91.8. The maximum Gasteiger partial charge on any atom is 0.0597 e. The van der Waals surface area contributed by atoms with Crippen molar-refractivity contribution in [2.45, 2.75) is 40.2 Å². The summed E-state index contributed by atoms with van der Waals surface area (Å²) in [7, 11) is 0. The zero-order chi connectivity index (χ0) is 9.40. The number of likely N-dealkylation sites (N-methyl/N-ethyl adjacent to an activating group) is 1. The normalized spacial score (nSPS) is 13.8. The van der Waals surface area contributed by atoms with Crippen LogP contribution in [0.1, 0.15) is 34.1 Å². The maximum atomic E-state index is 5.58. The van der Waals surface area contributed by atoms with Gasteiger partial charge in [0.2, 0.25) is 0 Å². The molecule has 0 aromatic carbocycles. The molecule has 0 N–H and O–H groups in total. The molecule has 0 aromatic heterocycles. The molecule has 0 fully saturated rings. The van der Waals surface area contributed by atoms with Gasteiger partial charge in [-0.15, -0.1) is 0 Å². The summed E-state index contributed by atoms with van der Waals surface area (Å²) in [6, 6.07) is 0. The molecule has 0 saturated heterocycles. The van der Waals surface area contributed by atoms with Gasteiger partial charge in [-0.3, -0.25) is 0 Å². The van der Waals surface area contributed by atoms with Crippen LogP contribution in [0.25, 0.3) is 0 Å². The van der Waals surface area contributed by atoms with Crippen molar-refractivity contribution in [2.24, 2.45) is 0 Å². The van der Waals surface area contributed by atoms with Crippen molar-refractivity contribution < 1.29 is 4.74 Å². The summed E-state index contributed by atoms with van der Waals surface area (Å²) in [6.45, 7) is 12.8. The first-order valence-corrected chi connectivity index (χ1v) is 5.08. The quantitative estimate of drug-likeness (QED) is 0.585. The van der Waals surface area contributed by atoms with Crippen molar-refractivity contribution >= 4 is 0 Å². The van der Waals surface area contributed by atoms with Crippen LogP contribution in [0, 0.1) is 0 Å². The molecule has 0 rings (SSSR count). The fraction of sp³-hybridized carbons (Fsp3) is 1.00. The van der Waals surface area contributed by atoms with E-state index < -0.39 is 0 Å². The van der Waals surface area contributed by atoms with Gasteiger partial charge in [-0.2, -0.15) is 0 Å². The van der Waals surface area contributed by atoms with Crippen LogP contribution in [-0.2, 0) is 4.74 Å². The van der Waals surface area contributed by atoms with Crippen LogP contribution in [0.2, 0.25) is 0 Å². The average molecular weight is 173 g/mol. The molecule has 2 heteroatoms. The van der Waals surface area contributed by atoms with Crippen molar-refractivity contribution in [3.05, 3.63) is 0 Å². The van der Waals surface area contributed by atoms with E-state index in [1.54, 1.807) is 0 Å². The molecule has 0 saturated carbocycles. The van der Waals surface area contributed by atoms with Crippen molar-refractivity contribution in [3.8, 4) is 0 Å². The third-order valence-electron chi connectivity index (χ3n) is 2.28. The maximum absolute atomic E-state index is 5.58. The molecule has 12 heavy (non-hydrogen) atoms. The van der Waals surface area contributed by atoms with Crippen molar-refractivity contribution in [1.82, 2.24) is 4.90 Å². The van der Waals surface area contributed by atoms with Gasteiger partial charge in [-0.25, -0.2) is 0 Å². The molecule has 0 aliphatic carbocycles. The highest BCUT2D eigenvalue weighted by Crippen LogP contribution is 1.96. The summed E-state index contributed by atoms with van der Waals surface area (Å²) >= 11 is 0. The van der Waals surface area contributed by atoms with Gasteiger partial charge in [0, 0.05) is 6.54 Å². The van der Waals surface area contributed by atoms with Gasteiger partial charge >= 0.3 is 0 Å². The van der Waals surface area contributed by atoms with Gasteiger partial charge in [-0.05, 0) is 26.4 Å². The van der Waals surface area contributed by atoms with Crippen molar-refractivity contribution in [2.75, 3.05) is 26.2 Å². The van der Waals surface area contributed by atoms with Crippen LogP contribution in [0.3, 0.4) is 0 Å². The fourth-order valence-electron chi connectivity index (χ4n) is 1.04. The van der Waals surface area contributed by atoms with E-state index in [2.05, 4.69) is 32.6 Å². The van der Waals surface area contributed by atoms with Crippen LogP contribution < -0.4 is 0 Å². The van der Waals surface area contributed by atoms with E-state index in [0.29, 0.717) is 6.10 Å². The molecule has 0 aliphatic heterocycles. The first-order chi connectivity index (χ1) is 5.74. The number of rotatable bonds is 7. The third kappa shape index (κ3) is 5.56. The number of ether oxygens (including phenoxy) is 1. The Morgan fingerprint density at radius 3 is 2.17 bits per heavy atom. The first-order valence-electron chi connectivity index (χ1n) is 5.08. The molecule has 74 valence electrons. The van der Waals surface area contributed by atoms with Crippen LogP contribution in [0.5, 0.6) is 0 Å². The monoisotopic (exact) mass is 173 g/mol. The second-order valence-corrected chi connectivity index (χ2v) is 3.12. The zero-order valence-corrected chi connectivity index (χ0v) is 8.97. The Morgan fingerprint density at radius 2 is 1.75 bits per heavy atom. The lowest BCUT2D eigenvalue weighted by Gasteiger charge is -2.19. The molecular formula is C10H23NO. The fourth-order valence-corrected chi connectivity index (χ4v) is 1.04. The highest BCUT2D eigenvalue weighted by Gasteiger charge is 2.00. The van der Waals surface area contributed by atoms with Gasteiger partial charge in [0.1, 0.15) is 0 Å². The molecular weight excluding hydrogens is 150 g/mol. The minimum atomic E-state index is 0.417. The summed E-state index contributed by atoms with van der Waals surface area (Å²) in [4.78, 5) is 2.38. The van der Waals surface area contributed by atoms with Gasteiger partial charge in [0.15, 0.2) is 0 Å². The van der Waals surface area contributed by atoms with Crippen molar-refractivity contribution in [1.29, 1.82) is 0 Å². The minimum absolute atomic E-state index is 0.417. The second-order valence-electron chi connectivity index (χ2n) is 3.12. The van der Waals surface area contributed by atoms with E-state index in [4.69, 9.17) is 4.74 Å². The van der Waals surface area contributed by atoms with Gasteiger partial charge in [-0.1, -0.05) is 20.8 Å². The summed E-state index contributed by atoms with van der Waals surface area (Å²) in [6.07, 6.45) is 1.53. The number of hydrogen-bond donors (Lipinski definition) is 0. The predicted molar refractivity (Wildman–Crippen MR) is 53.5 cm³/mol. The lowest BCUT2D eigenvalue weighted by molar-refractivity contribution is 0.0481. The summed E-state index contributed by atoms with van der Waals surface area (Å²) in [5, 5.41) is 0. The highest BCUT2D eigenvalue weighted by molar-refractivity contribution is 4.52. The molecule has 0 aliphatic rings. The minimum Gasteiger partial charge on any atom is -0.377 e. The molecule has 0 radical (unpaired) electrons. The van der Waals surface area contributed by atoms with E-state index in [-0.39, 0.29) is 0 Å². The Morgan fingerprint density at radius 1 is 1.17 bits per heavy atom. The van der Waals surface area contributed by atoms with E-state index in [1.807, 2.05) is 0 Å². The van der Waals surface area contributed by atoms with Gasteiger partial charge in [0.25, 0.3) is 0 Å². The van der Waals surface area contributed by atoms with E-state index in [9.17, 15) is 0 Å². The van der Waals surface area contributed by atoms with Crippen molar-refractivity contribution in [3.63, 3.8) is 0 Å². The molecule has 2 nitrogen and oxygen atoms in total. The SMILES string of the molecule is CCC(C)OCCN(CC)CC. The van der Waals surface area contributed by atoms with Crippen LogP contribution in [0.15, 0.2) is 0 Å². The molecule has 1 unspecified atom stereocenters. The number of nitrogens with zero attached hydrogens (tertiary/aromatic N) is 1. The highest BCUT2D eigenvalue weighted by atomic mass is 16.5. The molecule has 0 bridgehead atoms. The van der Waals surface area contributed by atoms with Crippen LogP contribution in [-0.4, -0.2) is 37.2 Å². The first kappa shape index (κ1) is 11.9. The van der Waals surface area contributed by atoms with E-state index >= 15 is 0 Å². The predicted octanol–water partition coefficient (Wildman–Crippen LogP) is 2.14. The Balaban J connectivity index is 3.28. The molecule has 1 atom stereocenters. The van der Waals surface area contributed by atoms with E-state index in [0.717, 1.165) is 32.7 Å². The topological polar surface area (TPSA) is 12.5 Å². The third-order valence-corrected chi connectivity index (χ3v) is 2.28. The largest absolute Gasteiger partial charge is 0.377 e. The van der Waals surface area contributed by atoms with E-state index in [1.165, 1.54) is 0 Å². The summed E-state index contributed by atoms with van der Waals surface area (Å²) < 4.78 is 5.58. The average Bonchev–Trinajstić information content (AvgIpc) is 2.12. The lowest BCUT2D eigenvalue weighted by Crippen LogP contribution is -2.28. The summed E-state index contributed by atoms with van der Waals surface area (Å²) in [5.41, 5.74) is 0.